The number of carbonyl (C=O) groups excluding carboxylic acids is 2. The van der Waals surface area contributed by atoms with Crippen LogP contribution in [0.2, 0.25) is 0 Å². The number of benzene rings is 1. The van der Waals surface area contributed by atoms with Crippen molar-refractivity contribution in [1.82, 2.24) is 9.80 Å². The van der Waals surface area contributed by atoms with Gasteiger partial charge in [-0.1, -0.05) is 12.1 Å². The van der Waals surface area contributed by atoms with Crippen molar-refractivity contribution in [2.24, 2.45) is 0 Å². The molecule has 0 spiro atoms. The Morgan fingerprint density at radius 1 is 1.09 bits per heavy atom. The molecule has 0 aromatic heterocycles. The normalized spacial score (nSPS) is 15.7. The third-order valence-corrected chi connectivity index (χ3v) is 3.65. The van der Waals surface area contributed by atoms with Gasteiger partial charge in [0.1, 0.15) is 6.61 Å². The first-order valence-corrected chi connectivity index (χ1v) is 7.07. The quantitative estimate of drug-likeness (QED) is 0.846. The fraction of sp³-hybridized carbons (Fsp3) is 0.467. The molecule has 1 saturated heterocycles. The van der Waals surface area contributed by atoms with Crippen LogP contribution in [0.5, 0.6) is 0 Å². The maximum Gasteiger partial charge on any atom is 0.417 e. The van der Waals surface area contributed by atoms with Crippen LogP contribution in [0, 0.1) is 0 Å². The van der Waals surface area contributed by atoms with Crippen LogP contribution in [0.1, 0.15) is 15.9 Å². The molecule has 1 fully saturated rings. The molecule has 1 aromatic rings. The first-order valence-electron chi connectivity index (χ1n) is 7.07. The number of hydrogen-bond donors (Lipinski definition) is 0. The van der Waals surface area contributed by atoms with Crippen molar-refractivity contribution in [2.75, 3.05) is 39.9 Å². The van der Waals surface area contributed by atoms with Gasteiger partial charge in [-0.3, -0.25) is 9.59 Å². The molecular formula is C15H17F3N2O3. The molecule has 1 heterocycles. The molecule has 1 aromatic carbocycles. The summed E-state index contributed by atoms with van der Waals surface area (Å²) >= 11 is 0. The predicted octanol–water partition coefficient (Wildman–Crippen LogP) is 1.64. The van der Waals surface area contributed by atoms with E-state index < -0.39 is 17.6 Å². The molecule has 1 aliphatic rings. The number of methoxy groups -OCH3 is 1. The summed E-state index contributed by atoms with van der Waals surface area (Å²) in [5, 5.41) is 0. The minimum atomic E-state index is -4.58. The van der Waals surface area contributed by atoms with Gasteiger partial charge in [-0.05, 0) is 12.1 Å². The molecule has 126 valence electrons. The number of ether oxygens (including phenoxy) is 1. The van der Waals surface area contributed by atoms with Gasteiger partial charge >= 0.3 is 6.18 Å². The second-order valence-electron chi connectivity index (χ2n) is 5.15. The van der Waals surface area contributed by atoms with Crippen LogP contribution in [0.25, 0.3) is 0 Å². The minimum Gasteiger partial charge on any atom is -0.375 e. The lowest BCUT2D eigenvalue weighted by Gasteiger charge is -2.35. The monoisotopic (exact) mass is 330 g/mol. The maximum absolute atomic E-state index is 13.0. The number of rotatable bonds is 3. The number of alkyl halides is 3. The molecule has 2 amide bonds. The number of hydrogen-bond acceptors (Lipinski definition) is 3. The lowest BCUT2D eigenvalue weighted by atomic mass is 10.1. The Hall–Kier alpha value is -2.09. The summed E-state index contributed by atoms with van der Waals surface area (Å²) in [5.74, 6) is -0.868. The number of piperazine rings is 1. The number of carbonyl (C=O) groups is 2. The van der Waals surface area contributed by atoms with Gasteiger partial charge in [-0.15, -0.1) is 0 Å². The summed E-state index contributed by atoms with van der Waals surface area (Å²) in [6, 6.07) is 4.72. The average molecular weight is 330 g/mol. The van der Waals surface area contributed by atoms with Crippen molar-refractivity contribution < 1.29 is 27.5 Å². The van der Waals surface area contributed by atoms with Crippen molar-refractivity contribution in [2.45, 2.75) is 6.18 Å². The molecule has 23 heavy (non-hydrogen) atoms. The SMILES string of the molecule is COCC(=O)N1CCN(C(=O)c2ccccc2C(F)(F)F)CC1. The molecule has 0 saturated carbocycles. The number of halogens is 3. The molecule has 0 bridgehead atoms. The molecule has 0 radical (unpaired) electrons. The molecule has 1 aliphatic heterocycles. The first-order chi connectivity index (χ1) is 10.8. The predicted molar refractivity (Wildman–Crippen MR) is 75.8 cm³/mol. The van der Waals surface area contributed by atoms with Crippen LogP contribution in [0.3, 0.4) is 0 Å². The zero-order valence-corrected chi connectivity index (χ0v) is 12.6. The Morgan fingerprint density at radius 3 is 2.22 bits per heavy atom. The van der Waals surface area contributed by atoms with Gasteiger partial charge in [0, 0.05) is 33.3 Å². The van der Waals surface area contributed by atoms with Crippen LogP contribution in [0.4, 0.5) is 13.2 Å². The standard InChI is InChI=1S/C15H17F3N2O3/c1-23-10-13(21)19-6-8-20(9-7-19)14(22)11-4-2-3-5-12(11)15(16,17)18/h2-5H,6-10H2,1H3. The van der Waals surface area contributed by atoms with Gasteiger partial charge in [0.25, 0.3) is 5.91 Å². The van der Waals surface area contributed by atoms with E-state index in [4.69, 9.17) is 4.74 Å². The molecular weight excluding hydrogens is 313 g/mol. The van der Waals surface area contributed by atoms with Crippen molar-refractivity contribution in [1.29, 1.82) is 0 Å². The number of amides is 2. The lowest BCUT2D eigenvalue weighted by Crippen LogP contribution is -2.51. The minimum absolute atomic E-state index is 0.0507. The molecule has 0 aliphatic carbocycles. The largest absolute Gasteiger partial charge is 0.417 e. The maximum atomic E-state index is 13.0. The van der Waals surface area contributed by atoms with Gasteiger partial charge in [-0.2, -0.15) is 13.2 Å². The van der Waals surface area contributed by atoms with E-state index in [1.807, 2.05) is 0 Å². The average Bonchev–Trinajstić information content (AvgIpc) is 2.54. The van der Waals surface area contributed by atoms with E-state index in [2.05, 4.69) is 0 Å². The third-order valence-electron chi connectivity index (χ3n) is 3.65. The van der Waals surface area contributed by atoms with Crippen LogP contribution in [-0.4, -0.2) is 61.5 Å². The van der Waals surface area contributed by atoms with E-state index in [1.165, 1.54) is 35.1 Å². The third kappa shape index (κ3) is 4.01. The van der Waals surface area contributed by atoms with Crippen molar-refractivity contribution >= 4 is 11.8 Å². The Balaban J connectivity index is 2.08. The summed E-state index contributed by atoms with van der Waals surface area (Å²) in [6.07, 6.45) is -4.58. The second kappa shape index (κ2) is 6.99. The highest BCUT2D eigenvalue weighted by molar-refractivity contribution is 5.96. The van der Waals surface area contributed by atoms with Crippen molar-refractivity contribution in [3.8, 4) is 0 Å². The fourth-order valence-corrected chi connectivity index (χ4v) is 2.46. The van der Waals surface area contributed by atoms with E-state index in [1.54, 1.807) is 0 Å². The van der Waals surface area contributed by atoms with Gasteiger partial charge in [-0.25, -0.2) is 0 Å². The zero-order chi connectivity index (χ0) is 17.0. The first kappa shape index (κ1) is 17.3. The summed E-state index contributed by atoms with van der Waals surface area (Å²) in [4.78, 5) is 26.9. The molecule has 8 heteroatoms. The Bertz CT molecular complexity index is 582. The lowest BCUT2D eigenvalue weighted by molar-refractivity contribution is -0.138. The molecule has 0 N–H and O–H groups in total. The Labute approximate surface area is 131 Å². The summed E-state index contributed by atoms with van der Waals surface area (Å²) in [7, 11) is 1.41. The van der Waals surface area contributed by atoms with E-state index >= 15 is 0 Å². The van der Waals surface area contributed by atoms with Crippen LogP contribution >= 0.6 is 0 Å². The highest BCUT2D eigenvalue weighted by Gasteiger charge is 2.36. The van der Waals surface area contributed by atoms with Gasteiger partial charge in [0.15, 0.2) is 0 Å². The summed E-state index contributed by atoms with van der Waals surface area (Å²) in [5.41, 5.74) is -1.31. The van der Waals surface area contributed by atoms with Crippen LogP contribution in [0.15, 0.2) is 24.3 Å². The smallest absolute Gasteiger partial charge is 0.375 e. The van der Waals surface area contributed by atoms with E-state index in [0.29, 0.717) is 0 Å². The molecule has 2 rings (SSSR count). The molecule has 5 nitrogen and oxygen atoms in total. The highest BCUT2D eigenvalue weighted by Crippen LogP contribution is 2.32. The van der Waals surface area contributed by atoms with Crippen LogP contribution in [-0.2, 0) is 15.7 Å². The molecule has 0 unspecified atom stereocenters. The Kier molecular flexibility index (Phi) is 5.25. The topological polar surface area (TPSA) is 49.9 Å². The second-order valence-corrected chi connectivity index (χ2v) is 5.15. The van der Waals surface area contributed by atoms with E-state index in [0.717, 1.165) is 6.07 Å². The van der Waals surface area contributed by atoms with Crippen molar-refractivity contribution in [3.63, 3.8) is 0 Å². The van der Waals surface area contributed by atoms with Gasteiger partial charge < -0.3 is 14.5 Å². The molecule has 0 atom stereocenters. The van der Waals surface area contributed by atoms with E-state index in [-0.39, 0.29) is 44.3 Å². The number of nitrogens with zero attached hydrogens (tertiary/aromatic N) is 2. The summed E-state index contributed by atoms with van der Waals surface area (Å²) < 4.78 is 43.7. The zero-order valence-electron chi connectivity index (χ0n) is 12.6. The Morgan fingerprint density at radius 2 is 1.65 bits per heavy atom. The van der Waals surface area contributed by atoms with Gasteiger partial charge in [0.05, 0.1) is 11.1 Å². The summed E-state index contributed by atoms with van der Waals surface area (Å²) in [6.45, 7) is 0.899. The van der Waals surface area contributed by atoms with Crippen LogP contribution < -0.4 is 0 Å². The van der Waals surface area contributed by atoms with E-state index in [9.17, 15) is 22.8 Å². The fourth-order valence-electron chi connectivity index (χ4n) is 2.46. The van der Waals surface area contributed by atoms with Crippen molar-refractivity contribution in [3.05, 3.63) is 35.4 Å². The van der Waals surface area contributed by atoms with Gasteiger partial charge in [0.2, 0.25) is 5.91 Å². The highest BCUT2D eigenvalue weighted by atomic mass is 19.4.